The van der Waals surface area contributed by atoms with Crippen LogP contribution < -0.4 is 10.6 Å². The van der Waals surface area contributed by atoms with Crippen LogP contribution in [0.5, 0.6) is 0 Å². The van der Waals surface area contributed by atoms with Crippen molar-refractivity contribution >= 4 is 12.0 Å². The van der Waals surface area contributed by atoms with Crippen LogP contribution in [0.15, 0.2) is 17.8 Å². The normalized spacial score (nSPS) is 24.0. The number of allylic oxidation sites excluding steroid dienone is 1. The van der Waals surface area contributed by atoms with Gasteiger partial charge in [0.1, 0.15) is 11.6 Å². The maximum absolute atomic E-state index is 14.0. The van der Waals surface area contributed by atoms with Crippen LogP contribution in [-0.2, 0) is 11.0 Å². The molecule has 1 saturated carbocycles. The third-order valence-corrected chi connectivity index (χ3v) is 4.41. The van der Waals surface area contributed by atoms with Crippen molar-refractivity contribution in [2.75, 3.05) is 6.54 Å². The number of aliphatic hydroxyl groups is 1. The van der Waals surface area contributed by atoms with Crippen LogP contribution >= 0.6 is 0 Å². The van der Waals surface area contributed by atoms with Gasteiger partial charge in [-0.15, -0.1) is 0 Å². The maximum Gasteiger partial charge on any atom is 0.419 e. The summed E-state index contributed by atoms with van der Waals surface area (Å²) in [6, 6.07) is -0.0199. The zero-order valence-corrected chi connectivity index (χ0v) is 13.5. The Hall–Kier alpha value is -2.00. The number of halogens is 5. The molecular formula is C17H17F5N2O2. The van der Waals surface area contributed by atoms with Crippen molar-refractivity contribution in [3.63, 3.8) is 0 Å². The Balaban J connectivity index is 1.83. The number of nitrogens with one attached hydrogen (secondary N) is 2. The van der Waals surface area contributed by atoms with E-state index in [4.69, 9.17) is 0 Å². The van der Waals surface area contributed by atoms with Crippen molar-refractivity contribution in [1.29, 1.82) is 0 Å². The second kappa shape index (κ2) is 6.96. The van der Waals surface area contributed by atoms with Gasteiger partial charge in [0.2, 0.25) is 5.91 Å². The Labute approximate surface area is 146 Å². The zero-order valence-electron chi connectivity index (χ0n) is 13.5. The fourth-order valence-electron chi connectivity index (χ4n) is 2.85. The molecule has 0 bridgehead atoms. The quantitative estimate of drug-likeness (QED) is 0.708. The van der Waals surface area contributed by atoms with Crippen molar-refractivity contribution in [2.24, 2.45) is 5.92 Å². The summed E-state index contributed by atoms with van der Waals surface area (Å²) in [4.78, 5) is 12.2. The fourth-order valence-corrected chi connectivity index (χ4v) is 2.85. The van der Waals surface area contributed by atoms with Crippen LogP contribution in [0.2, 0.25) is 0 Å². The van der Waals surface area contributed by atoms with E-state index in [0.29, 0.717) is 11.8 Å². The molecule has 1 aliphatic carbocycles. The van der Waals surface area contributed by atoms with Crippen LogP contribution in [0.1, 0.15) is 30.4 Å². The van der Waals surface area contributed by atoms with Crippen molar-refractivity contribution in [1.82, 2.24) is 10.6 Å². The van der Waals surface area contributed by atoms with Gasteiger partial charge in [0.15, 0.2) is 0 Å². The molecule has 2 fully saturated rings. The molecule has 0 spiro atoms. The van der Waals surface area contributed by atoms with Gasteiger partial charge in [-0.2, -0.15) is 13.2 Å². The summed E-state index contributed by atoms with van der Waals surface area (Å²) in [6.45, 7) is 0.277. The molecule has 1 aliphatic heterocycles. The largest absolute Gasteiger partial charge is 0.419 e. The van der Waals surface area contributed by atoms with Crippen molar-refractivity contribution in [3.8, 4) is 0 Å². The molecule has 1 aromatic rings. The number of benzene rings is 1. The van der Waals surface area contributed by atoms with E-state index in [2.05, 4.69) is 10.6 Å². The first kappa shape index (κ1) is 18.8. The summed E-state index contributed by atoms with van der Waals surface area (Å²) in [7, 11) is 0. The first-order valence-corrected chi connectivity index (χ1v) is 8.15. The van der Waals surface area contributed by atoms with Crippen LogP contribution in [0.25, 0.3) is 6.08 Å². The predicted octanol–water partition coefficient (Wildman–Crippen LogP) is 2.57. The van der Waals surface area contributed by atoms with Gasteiger partial charge >= 0.3 is 6.18 Å². The highest BCUT2D eigenvalue weighted by atomic mass is 19.4. The highest BCUT2D eigenvalue weighted by molar-refractivity contribution is 5.84. The lowest BCUT2D eigenvalue weighted by atomic mass is 10.1. The Morgan fingerprint density at radius 3 is 2.46 bits per heavy atom. The third kappa shape index (κ3) is 4.21. The van der Waals surface area contributed by atoms with E-state index in [1.807, 2.05) is 0 Å². The van der Waals surface area contributed by atoms with Gasteiger partial charge in [-0.1, -0.05) is 0 Å². The Morgan fingerprint density at radius 2 is 1.92 bits per heavy atom. The zero-order chi connectivity index (χ0) is 19.1. The molecule has 0 radical (unpaired) electrons. The number of aliphatic hydroxyl groups excluding tert-OH is 1. The molecule has 3 rings (SSSR count). The molecule has 2 aliphatic rings. The second-order valence-electron chi connectivity index (χ2n) is 6.56. The summed E-state index contributed by atoms with van der Waals surface area (Å²) in [6.07, 6.45) is -2.77. The molecule has 0 unspecified atom stereocenters. The number of alkyl halides is 3. The van der Waals surface area contributed by atoms with Gasteiger partial charge in [0.05, 0.1) is 17.7 Å². The van der Waals surface area contributed by atoms with Crippen molar-refractivity contribution < 1.29 is 31.9 Å². The molecule has 4 nitrogen and oxygen atoms in total. The predicted molar refractivity (Wildman–Crippen MR) is 82.6 cm³/mol. The number of rotatable bonds is 4. The van der Waals surface area contributed by atoms with Gasteiger partial charge in [-0.05, 0) is 43.4 Å². The lowest BCUT2D eigenvalue weighted by Gasteiger charge is -2.14. The van der Waals surface area contributed by atoms with Gasteiger partial charge in [-0.25, -0.2) is 8.78 Å². The minimum atomic E-state index is -4.99. The molecule has 26 heavy (non-hydrogen) atoms. The summed E-state index contributed by atoms with van der Waals surface area (Å²) < 4.78 is 65.6. The molecule has 1 aromatic carbocycles. The van der Waals surface area contributed by atoms with Crippen LogP contribution in [0.4, 0.5) is 22.0 Å². The molecule has 0 aromatic heterocycles. The summed E-state index contributed by atoms with van der Waals surface area (Å²) >= 11 is 0. The van der Waals surface area contributed by atoms with Crippen molar-refractivity contribution in [2.45, 2.75) is 37.6 Å². The van der Waals surface area contributed by atoms with E-state index in [9.17, 15) is 31.9 Å². The standard InChI is InChI=1S/C17H17F5N2O2/c18-12-6-11(17(20,21)22)13(19)3-9(12)4-14(8-1-2-8)24-16(26)15-5-10(25)7-23-15/h3-4,6,8,10,15,23,25H,1-2,5,7H2,(H,24,26)/t10-,15-/m1/s1. The van der Waals surface area contributed by atoms with Gasteiger partial charge in [0, 0.05) is 17.8 Å². The Kier molecular flexibility index (Phi) is 5.03. The van der Waals surface area contributed by atoms with E-state index in [-0.39, 0.29) is 30.5 Å². The van der Waals surface area contributed by atoms with E-state index in [0.717, 1.165) is 12.8 Å². The molecule has 1 amide bonds. The van der Waals surface area contributed by atoms with Gasteiger partial charge in [-0.3, -0.25) is 4.79 Å². The van der Waals surface area contributed by atoms with Gasteiger partial charge in [0.25, 0.3) is 0 Å². The first-order chi connectivity index (χ1) is 12.1. The summed E-state index contributed by atoms with van der Waals surface area (Å²) in [5, 5.41) is 14.9. The smallest absolute Gasteiger partial charge is 0.392 e. The number of amides is 1. The average Bonchev–Trinajstić information content (AvgIpc) is 3.29. The van der Waals surface area contributed by atoms with Crippen molar-refractivity contribution in [3.05, 3.63) is 40.6 Å². The lowest BCUT2D eigenvalue weighted by Crippen LogP contribution is -2.40. The minimum Gasteiger partial charge on any atom is -0.392 e. The average molecular weight is 376 g/mol. The molecule has 1 heterocycles. The Morgan fingerprint density at radius 1 is 1.23 bits per heavy atom. The molecule has 3 N–H and O–H groups in total. The SMILES string of the molecule is O=C(NC(=Cc1cc(F)c(C(F)(F)F)cc1F)C1CC1)[C@H]1C[C@@H](O)CN1. The minimum absolute atomic E-state index is 0.0602. The molecular weight excluding hydrogens is 359 g/mol. The topological polar surface area (TPSA) is 61.4 Å². The monoisotopic (exact) mass is 376 g/mol. The fraction of sp³-hybridized carbons (Fsp3) is 0.471. The second-order valence-corrected chi connectivity index (χ2v) is 6.56. The molecule has 2 atom stereocenters. The van der Waals surface area contributed by atoms with Crippen LogP contribution in [0, 0.1) is 17.6 Å². The van der Waals surface area contributed by atoms with Crippen LogP contribution in [-0.4, -0.2) is 29.7 Å². The number of hydrogen-bond acceptors (Lipinski definition) is 3. The summed E-state index contributed by atoms with van der Waals surface area (Å²) in [5.41, 5.74) is -1.71. The van der Waals surface area contributed by atoms with Gasteiger partial charge < -0.3 is 15.7 Å². The summed E-state index contributed by atoms with van der Waals surface area (Å²) in [5.74, 6) is -3.28. The number of β-amino-alcohol motifs (C(OH)–C–C–N with tert-alkyl or cyclic N) is 1. The highest BCUT2D eigenvalue weighted by Crippen LogP contribution is 2.37. The first-order valence-electron chi connectivity index (χ1n) is 8.15. The number of carbonyl (C=O) groups excluding carboxylic acids is 1. The van der Waals surface area contributed by atoms with E-state index < -0.39 is 41.4 Å². The lowest BCUT2D eigenvalue weighted by molar-refractivity contribution is -0.140. The van der Waals surface area contributed by atoms with E-state index in [1.54, 1.807) is 0 Å². The Bertz CT molecular complexity index is 743. The number of carbonyl (C=O) groups is 1. The van der Waals surface area contributed by atoms with E-state index in [1.165, 1.54) is 6.08 Å². The molecule has 142 valence electrons. The van der Waals surface area contributed by atoms with Crippen LogP contribution in [0.3, 0.4) is 0 Å². The third-order valence-electron chi connectivity index (χ3n) is 4.41. The van der Waals surface area contributed by atoms with E-state index >= 15 is 0 Å². The highest BCUT2D eigenvalue weighted by Gasteiger charge is 2.36. The molecule has 1 saturated heterocycles. The maximum atomic E-state index is 14.0. The molecule has 9 heteroatoms. The number of hydrogen-bond donors (Lipinski definition) is 3.